The summed E-state index contributed by atoms with van der Waals surface area (Å²) in [5.41, 5.74) is 2.58. The molecule has 3 nitrogen and oxygen atoms in total. The molecule has 0 spiro atoms. The van der Waals surface area contributed by atoms with Crippen LogP contribution in [-0.2, 0) is 4.79 Å². The predicted molar refractivity (Wildman–Crippen MR) is 55.3 cm³/mol. The number of carbonyl (C=O) groups excluding carboxylic acids is 1. The number of thiophene rings is 1. The first-order valence-corrected chi connectivity index (χ1v) is 4.90. The first-order valence-electron chi connectivity index (χ1n) is 3.95. The third-order valence-electron chi connectivity index (χ3n) is 1.75. The summed E-state index contributed by atoms with van der Waals surface area (Å²) in [7, 11) is 0. The molecular weight excluding hydrogens is 196 g/mol. The molecule has 0 saturated heterocycles. The Bertz CT molecular complexity index is 473. The highest BCUT2D eigenvalue weighted by Gasteiger charge is 1.99. The van der Waals surface area contributed by atoms with Crippen molar-refractivity contribution in [2.75, 3.05) is 0 Å². The van der Waals surface area contributed by atoms with Gasteiger partial charge in [0.25, 0.3) is 0 Å². The molecule has 2 heterocycles. The summed E-state index contributed by atoms with van der Waals surface area (Å²) in [6.07, 6.45) is 4.76. The number of pyridine rings is 1. The minimum absolute atomic E-state index is 0.531. The maximum Gasteiger partial charge on any atom is 0.240 e. The zero-order chi connectivity index (χ0) is 9.80. The van der Waals surface area contributed by atoms with Crippen LogP contribution in [0.5, 0.6) is 0 Å². The van der Waals surface area contributed by atoms with Gasteiger partial charge in [-0.3, -0.25) is 4.98 Å². The number of rotatable bonds is 2. The van der Waals surface area contributed by atoms with Crippen molar-refractivity contribution in [3.8, 4) is 11.1 Å². The number of aromatic nitrogens is 1. The van der Waals surface area contributed by atoms with E-state index in [0.29, 0.717) is 5.69 Å². The number of aliphatic imine (C=N–C) groups is 1. The molecule has 0 radical (unpaired) electrons. The van der Waals surface area contributed by atoms with Crippen molar-refractivity contribution in [1.82, 2.24) is 4.98 Å². The average molecular weight is 202 g/mol. The lowest BCUT2D eigenvalue weighted by molar-refractivity contribution is 0.565. The van der Waals surface area contributed by atoms with Crippen molar-refractivity contribution >= 4 is 23.1 Å². The zero-order valence-electron chi connectivity index (χ0n) is 7.18. The van der Waals surface area contributed by atoms with E-state index < -0.39 is 0 Å². The highest BCUT2D eigenvalue weighted by Crippen LogP contribution is 2.24. The Balaban J connectivity index is 2.45. The smallest absolute Gasteiger partial charge is 0.240 e. The van der Waals surface area contributed by atoms with Gasteiger partial charge in [-0.2, -0.15) is 16.3 Å². The Morgan fingerprint density at radius 2 is 2.29 bits per heavy atom. The molecule has 0 fully saturated rings. The molecule has 4 heteroatoms. The van der Waals surface area contributed by atoms with E-state index >= 15 is 0 Å². The van der Waals surface area contributed by atoms with Gasteiger partial charge in [-0.15, -0.1) is 0 Å². The molecule has 0 aliphatic rings. The quantitative estimate of drug-likeness (QED) is 0.555. The van der Waals surface area contributed by atoms with Crippen LogP contribution >= 0.6 is 11.3 Å². The molecule has 0 atom stereocenters. The van der Waals surface area contributed by atoms with Crippen molar-refractivity contribution in [1.29, 1.82) is 0 Å². The molecule has 2 aromatic heterocycles. The van der Waals surface area contributed by atoms with E-state index in [2.05, 4.69) is 9.98 Å². The van der Waals surface area contributed by atoms with Crippen LogP contribution in [0.2, 0.25) is 0 Å². The Kier molecular flexibility index (Phi) is 2.49. The molecule has 0 unspecified atom stereocenters. The summed E-state index contributed by atoms with van der Waals surface area (Å²) in [6.45, 7) is 0. The maximum absolute atomic E-state index is 10.1. The lowest BCUT2D eigenvalue weighted by atomic mass is 10.1. The second kappa shape index (κ2) is 3.96. The summed E-state index contributed by atoms with van der Waals surface area (Å²) in [5.74, 6) is 0. The van der Waals surface area contributed by atoms with Crippen LogP contribution in [0.25, 0.3) is 11.1 Å². The first kappa shape index (κ1) is 8.81. The molecule has 68 valence electrons. The van der Waals surface area contributed by atoms with E-state index in [4.69, 9.17) is 0 Å². The molecule has 2 aromatic rings. The van der Waals surface area contributed by atoms with Gasteiger partial charge in [0.2, 0.25) is 6.08 Å². The summed E-state index contributed by atoms with van der Waals surface area (Å²) < 4.78 is 0. The van der Waals surface area contributed by atoms with E-state index in [-0.39, 0.29) is 0 Å². The van der Waals surface area contributed by atoms with Crippen molar-refractivity contribution in [2.45, 2.75) is 0 Å². The summed E-state index contributed by atoms with van der Waals surface area (Å²) >= 11 is 1.62. The van der Waals surface area contributed by atoms with Crippen molar-refractivity contribution in [3.05, 3.63) is 35.3 Å². The molecule has 0 aromatic carbocycles. The van der Waals surface area contributed by atoms with E-state index in [1.54, 1.807) is 23.6 Å². The fourth-order valence-corrected chi connectivity index (χ4v) is 1.79. The zero-order valence-corrected chi connectivity index (χ0v) is 7.99. The monoisotopic (exact) mass is 202 g/mol. The SMILES string of the molecule is O=C=Nc1cncc(-c2ccsc2)c1. The third kappa shape index (κ3) is 1.76. The highest BCUT2D eigenvalue weighted by molar-refractivity contribution is 7.08. The van der Waals surface area contributed by atoms with Crippen LogP contribution in [0.4, 0.5) is 5.69 Å². The van der Waals surface area contributed by atoms with Gasteiger partial charge in [0.1, 0.15) is 0 Å². The number of isocyanates is 1. The molecule has 14 heavy (non-hydrogen) atoms. The normalized spacial score (nSPS) is 9.43. The van der Waals surface area contributed by atoms with Crippen molar-refractivity contribution in [2.24, 2.45) is 4.99 Å². The molecule has 0 amide bonds. The van der Waals surface area contributed by atoms with E-state index in [0.717, 1.165) is 11.1 Å². The van der Waals surface area contributed by atoms with Gasteiger partial charge in [0.05, 0.1) is 11.9 Å². The molecule has 0 bridgehead atoms. The Morgan fingerprint density at radius 1 is 1.36 bits per heavy atom. The first-order chi connectivity index (χ1) is 6.90. The fraction of sp³-hybridized carbons (Fsp3) is 0. The molecule has 0 N–H and O–H groups in total. The largest absolute Gasteiger partial charge is 0.262 e. The molecule has 0 aliphatic carbocycles. The molecule has 0 aliphatic heterocycles. The summed E-state index contributed by atoms with van der Waals surface area (Å²) in [5, 5.41) is 4.01. The van der Waals surface area contributed by atoms with Gasteiger partial charge >= 0.3 is 0 Å². The van der Waals surface area contributed by atoms with E-state index in [1.807, 2.05) is 16.8 Å². The average Bonchev–Trinajstić information content (AvgIpc) is 2.71. The molecule has 2 rings (SSSR count). The number of hydrogen-bond donors (Lipinski definition) is 0. The number of hydrogen-bond acceptors (Lipinski definition) is 4. The standard InChI is InChI=1S/C10H6N2OS/c13-7-12-10-3-9(4-11-5-10)8-1-2-14-6-8/h1-6H. The summed E-state index contributed by atoms with van der Waals surface area (Å²) in [6, 6.07) is 3.80. The lowest BCUT2D eigenvalue weighted by Gasteiger charge is -1.96. The van der Waals surface area contributed by atoms with Gasteiger partial charge < -0.3 is 0 Å². The fourth-order valence-electron chi connectivity index (χ4n) is 1.13. The van der Waals surface area contributed by atoms with Crippen LogP contribution in [0.1, 0.15) is 0 Å². The van der Waals surface area contributed by atoms with E-state index in [1.165, 1.54) is 12.3 Å². The summed E-state index contributed by atoms with van der Waals surface area (Å²) in [4.78, 5) is 17.6. The Morgan fingerprint density at radius 3 is 3.00 bits per heavy atom. The van der Waals surface area contributed by atoms with Crippen LogP contribution in [-0.4, -0.2) is 11.1 Å². The molecule has 0 saturated carbocycles. The van der Waals surface area contributed by atoms with Crippen LogP contribution in [0, 0.1) is 0 Å². The van der Waals surface area contributed by atoms with Gasteiger partial charge in [-0.1, -0.05) is 0 Å². The Hall–Kier alpha value is -1.77. The van der Waals surface area contributed by atoms with Crippen LogP contribution in [0.15, 0.2) is 40.3 Å². The van der Waals surface area contributed by atoms with Gasteiger partial charge in [-0.05, 0) is 28.5 Å². The topological polar surface area (TPSA) is 42.3 Å². The van der Waals surface area contributed by atoms with Crippen molar-refractivity contribution in [3.63, 3.8) is 0 Å². The van der Waals surface area contributed by atoms with Gasteiger partial charge in [0, 0.05) is 11.8 Å². The third-order valence-corrected chi connectivity index (χ3v) is 2.44. The van der Waals surface area contributed by atoms with Gasteiger partial charge in [0.15, 0.2) is 0 Å². The van der Waals surface area contributed by atoms with Crippen LogP contribution in [0.3, 0.4) is 0 Å². The second-order valence-electron chi connectivity index (χ2n) is 2.65. The lowest BCUT2D eigenvalue weighted by Crippen LogP contribution is -1.76. The Labute approximate surface area is 84.8 Å². The van der Waals surface area contributed by atoms with Gasteiger partial charge in [-0.25, -0.2) is 4.79 Å². The van der Waals surface area contributed by atoms with E-state index in [9.17, 15) is 4.79 Å². The highest BCUT2D eigenvalue weighted by atomic mass is 32.1. The van der Waals surface area contributed by atoms with Crippen LogP contribution < -0.4 is 0 Å². The van der Waals surface area contributed by atoms with Crippen molar-refractivity contribution < 1.29 is 4.79 Å². The minimum Gasteiger partial charge on any atom is -0.262 e. The predicted octanol–water partition coefficient (Wildman–Crippen LogP) is 2.78. The maximum atomic E-state index is 10.1. The number of nitrogens with zero attached hydrogens (tertiary/aromatic N) is 2. The minimum atomic E-state index is 0.531. The second-order valence-corrected chi connectivity index (χ2v) is 3.43. The molecular formula is C10H6N2OS.